The quantitative estimate of drug-likeness (QED) is 0.536. The molecule has 0 radical (unpaired) electrons. The Kier molecular flexibility index (Phi) is 6.24. The molecule has 0 spiro atoms. The van der Waals surface area contributed by atoms with Crippen molar-refractivity contribution >= 4 is 17.6 Å². The molecular formula is C20H22N6O3. The Morgan fingerprint density at radius 1 is 1.24 bits per heavy atom. The number of hydrogen-bond donors (Lipinski definition) is 3. The first-order valence-electron chi connectivity index (χ1n) is 9.17. The van der Waals surface area contributed by atoms with Crippen LogP contribution in [-0.4, -0.2) is 34.8 Å². The van der Waals surface area contributed by atoms with Gasteiger partial charge in [-0.05, 0) is 17.7 Å². The van der Waals surface area contributed by atoms with Gasteiger partial charge in [-0.1, -0.05) is 12.1 Å². The van der Waals surface area contributed by atoms with E-state index < -0.39 is 5.66 Å². The molecule has 0 atom stereocenters. The van der Waals surface area contributed by atoms with Crippen molar-refractivity contribution in [2.24, 2.45) is 10.2 Å². The minimum Gasteiger partial charge on any atom is -0.497 e. The molecule has 9 heteroatoms. The lowest BCUT2D eigenvalue weighted by atomic mass is 10.0. The first kappa shape index (κ1) is 20.1. The van der Waals surface area contributed by atoms with E-state index in [1.54, 1.807) is 7.11 Å². The lowest BCUT2D eigenvalue weighted by Gasteiger charge is -2.10. The van der Waals surface area contributed by atoms with Gasteiger partial charge in [-0.25, -0.2) is 0 Å². The van der Waals surface area contributed by atoms with E-state index >= 15 is 0 Å². The van der Waals surface area contributed by atoms with Gasteiger partial charge in [0.2, 0.25) is 5.91 Å². The Labute approximate surface area is 168 Å². The summed E-state index contributed by atoms with van der Waals surface area (Å²) in [5, 5.41) is 20.0. The maximum atomic E-state index is 12.5. The van der Waals surface area contributed by atoms with Crippen LogP contribution in [-0.2, 0) is 11.3 Å². The number of carbonyl (C=O) groups is 2. The molecule has 0 bridgehead atoms. The highest BCUT2D eigenvalue weighted by Gasteiger charge is 2.39. The highest BCUT2D eigenvalue weighted by atomic mass is 16.5. The molecule has 1 aromatic heterocycles. The van der Waals surface area contributed by atoms with Crippen molar-refractivity contribution in [1.82, 2.24) is 15.5 Å². The van der Waals surface area contributed by atoms with Gasteiger partial charge < -0.3 is 15.4 Å². The van der Waals surface area contributed by atoms with Crippen molar-refractivity contribution in [1.29, 1.82) is 0 Å². The average molecular weight is 394 g/mol. The first-order valence-corrected chi connectivity index (χ1v) is 9.17. The molecule has 3 rings (SSSR count). The Bertz CT molecular complexity index is 936. The number of benzene rings is 1. The molecule has 1 aliphatic rings. The largest absolute Gasteiger partial charge is 0.497 e. The van der Waals surface area contributed by atoms with Crippen LogP contribution in [0.5, 0.6) is 5.75 Å². The van der Waals surface area contributed by atoms with Crippen molar-refractivity contribution in [2.45, 2.75) is 37.9 Å². The van der Waals surface area contributed by atoms with E-state index in [1.807, 2.05) is 24.3 Å². The maximum Gasteiger partial charge on any atom is 0.256 e. The van der Waals surface area contributed by atoms with Crippen LogP contribution in [0.1, 0.15) is 41.6 Å². The molecule has 1 aliphatic heterocycles. The Morgan fingerprint density at radius 2 is 2.00 bits per heavy atom. The van der Waals surface area contributed by atoms with E-state index in [-0.39, 0.29) is 29.6 Å². The zero-order chi connectivity index (χ0) is 20.7. The van der Waals surface area contributed by atoms with E-state index in [0.29, 0.717) is 25.8 Å². The van der Waals surface area contributed by atoms with E-state index in [1.165, 1.54) is 6.20 Å². The normalized spacial score (nSPS) is 13.4. The molecule has 2 heterocycles. The SMILES string of the molecule is C#CCCC1(CCC(=O)Nc2[nH]ncc2C(=O)NCc2ccc(OC)cc2)N=N1. The maximum absolute atomic E-state index is 12.5. The van der Waals surface area contributed by atoms with Crippen LogP contribution in [0.3, 0.4) is 0 Å². The lowest BCUT2D eigenvalue weighted by molar-refractivity contribution is -0.116. The van der Waals surface area contributed by atoms with E-state index in [9.17, 15) is 9.59 Å². The number of nitrogens with zero attached hydrogens (tertiary/aromatic N) is 3. The van der Waals surface area contributed by atoms with Crippen LogP contribution in [0.4, 0.5) is 5.82 Å². The van der Waals surface area contributed by atoms with Gasteiger partial charge in [-0.2, -0.15) is 15.3 Å². The Balaban J connectivity index is 1.49. The second-order valence-electron chi connectivity index (χ2n) is 6.62. The minimum absolute atomic E-state index is 0.212. The van der Waals surface area contributed by atoms with Gasteiger partial charge in [0.15, 0.2) is 5.66 Å². The third kappa shape index (κ3) is 5.42. The molecule has 0 aliphatic carbocycles. The smallest absolute Gasteiger partial charge is 0.256 e. The van der Waals surface area contributed by atoms with Crippen molar-refractivity contribution in [3.8, 4) is 18.1 Å². The van der Waals surface area contributed by atoms with Crippen molar-refractivity contribution < 1.29 is 14.3 Å². The number of aromatic nitrogens is 2. The summed E-state index contributed by atoms with van der Waals surface area (Å²) < 4.78 is 5.11. The third-order valence-corrected chi connectivity index (χ3v) is 4.57. The number of H-pyrrole nitrogens is 1. The fourth-order valence-electron chi connectivity index (χ4n) is 2.76. The monoisotopic (exact) mass is 394 g/mol. The summed E-state index contributed by atoms with van der Waals surface area (Å²) in [5.41, 5.74) is 0.660. The number of terminal acetylenes is 1. The van der Waals surface area contributed by atoms with Crippen LogP contribution in [0.15, 0.2) is 40.7 Å². The summed E-state index contributed by atoms with van der Waals surface area (Å²) in [5.74, 6) is 2.95. The molecule has 2 aromatic rings. The predicted molar refractivity (Wildman–Crippen MR) is 106 cm³/mol. The number of carbonyl (C=O) groups excluding carboxylic acids is 2. The summed E-state index contributed by atoms with van der Waals surface area (Å²) in [6.45, 7) is 0.335. The van der Waals surface area contributed by atoms with E-state index in [0.717, 1.165) is 11.3 Å². The highest BCUT2D eigenvalue weighted by Crippen LogP contribution is 2.37. The van der Waals surface area contributed by atoms with Crippen LogP contribution in [0.2, 0.25) is 0 Å². The zero-order valence-electron chi connectivity index (χ0n) is 16.1. The van der Waals surface area contributed by atoms with Gasteiger partial charge in [-0.15, -0.1) is 12.3 Å². The van der Waals surface area contributed by atoms with Crippen LogP contribution in [0, 0.1) is 12.3 Å². The van der Waals surface area contributed by atoms with Gasteiger partial charge >= 0.3 is 0 Å². The molecule has 0 saturated carbocycles. The third-order valence-electron chi connectivity index (χ3n) is 4.57. The van der Waals surface area contributed by atoms with Gasteiger partial charge in [0, 0.05) is 32.2 Å². The molecule has 2 amide bonds. The van der Waals surface area contributed by atoms with Crippen LogP contribution < -0.4 is 15.4 Å². The van der Waals surface area contributed by atoms with Crippen LogP contribution >= 0.6 is 0 Å². The number of hydrogen-bond acceptors (Lipinski definition) is 6. The van der Waals surface area contributed by atoms with Crippen LogP contribution in [0.25, 0.3) is 0 Å². The molecule has 150 valence electrons. The summed E-state index contributed by atoms with van der Waals surface area (Å²) in [7, 11) is 1.59. The second kappa shape index (κ2) is 9.01. The number of nitrogens with one attached hydrogen (secondary N) is 3. The number of ether oxygens (including phenoxy) is 1. The average Bonchev–Trinajstić information content (AvgIpc) is 3.37. The van der Waals surface area contributed by atoms with Gasteiger partial charge in [-0.3, -0.25) is 14.7 Å². The molecule has 29 heavy (non-hydrogen) atoms. The summed E-state index contributed by atoms with van der Waals surface area (Å²) in [6, 6.07) is 7.36. The number of rotatable bonds is 10. The molecule has 0 fully saturated rings. The standard InChI is InChI=1S/C20H22N6O3/c1-3-4-10-20(25-26-20)11-9-17(27)23-18-16(13-22-24-18)19(28)21-12-14-5-7-15(29-2)8-6-14/h1,5-8,13H,4,9-12H2,2H3,(H,21,28)(H2,22,23,24,27). The lowest BCUT2D eigenvalue weighted by Crippen LogP contribution is -2.24. The fraction of sp³-hybridized carbons (Fsp3) is 0.350. The molecule has 0 saturated heterocycles. The highest BCUT2D eigenvalue weighted by molar-refractivity contribution is 6.02. The van der Waals surface area contributed by atoms with Gasteiger partial charge in [0.05, 0.1) is 13.3 Å². The molecule has 0 unspecified atom stereocenters. The molecular weight excluding hydrogens is 372 g/mol. The second-order valence-corrected chi connectivity index (χ2v) is 6.62. The molecule has 9 nitrogen and oxygen atoms in total. The topological polar surface area (TPSA) is 121 Å². The fourth-order valence-corrected chi connectivity index (χ4v) is 2.76. The zero-order valence-corrected chi connectivity index (χ0v) is 16.1. The summed E-state index contributed by atoms with van der Waals surface area (Å²) >= 11 is 0. The number of aromatic amines is 1. The predicted octanol–water partition coefficient (Wildman–Crippen LogP) is 2.64. The van der Waals surface area contributed by atoms with Crippen molar-refractivity contribution in [3.05, 3.63) is 41.6 Å². The summed E-state index contributed by atoms with van der Waals surface area (Å²) in [6.07, 6.45) is 8.53. The van der Waals surface area contributed by atoms with Crippen molar-refractivity contribution in [3.63, 3.8) is 0 Å². The van der Waals surface area contributed by atoms with E-state index in [2.05, 4.69) is 37.0 Å². The first-order chi connectivity index (χ1) is 14.0. The molecule has 1 aromatic carbocycles. The number of methoxy groups -OCH3 is 1. The number of anilines is 1. The molecule has 3 N–H and O–H groups in total. The van der Waals surface area contributed by atoms with E-state index in [4.69, 9.17) is 11.2 Å². The minimum atomic E-state index is -0.518. The summed E-state index contributed by atoms with van der Waals surface area (Å²) in [4.78, 5) is 24.7. The number of amides is 2. The van der Waals surface area contributed by atoms with Crippen molar-refractivity contribution in [2.75, 3.05) is 12.4 Å². The Morgan fingerprint density at radius 3 is 2.66 bits per heavy atom. The van der Waals surface area contributed by atoms with Gasteiger partial charge in [0.1, 0.15) is 17.1 Å². The Hall–Kier alpha value is -3.67. The van der Waals surface area contributed by atoms with Gasteiger partial charge in [0.25, 0.3) is 5.91 Å².